The highest BCUT2D eigenvalue weighted by molar-refractivity contribution is 5.77. The Kier molecular flexibility index (Phi) is 7.21. The van der Waals surface area contributed by atoms with Gasteiger partial charge in [0, 0.05) is 26.2 Å². The van der Waals surface area contributed by atoms with Crippen molar-refractivity contribution in [3.8, 4) is 0 Å². The molecule has 0 unspecified atom stereocenters. The first-order valence-electron chi connectivity index (χ1n) is 8.77. The van der Waals surface area contributed by atoms with Crippen molar-refractivity contribution < 1.29 is 14.3 Å². The van der Waals surface area contributed by atoms with E-state index in [2.05, 4.69) is 42.3 Å². The lowest BCUT2D eigenvalue weighted by Crippen LogP contribution is -2.45. The van der Waals surface area contributed by atoms with Crippen LogP contribution in [-0.2, 0) is 27.4 Å². The van der Waals surface area contributed by atoms with Gasteiger partial charge in [-0.1, -0.05) is 24.3 Å². The first kappa shape index (κ1) is 18.9. The average Bonchev–Trinajstić information content (AvgIpc) is 2.51. The largest absolute Gasteiger partial charge is 0.373 e. The molecule has 2 atom stereocenters. The first-order chi connectivity index (χ1) is 11.4. The summed E-state index contributed by atoms with van der Waals surface area (Å²) in [5, 5.41) is 2.94. The van der Waals surface area contributed by atoms with E-state index in [9.17, 15) is 4.79 Å². The SMILES string of the molecule is CC(C)OCC(=O)NCc1ccccc1CN1C[C@H](C)O[C@@H](C)C1. The summed E-state index contributed by atoms with van der Waals surface area (Å²) in [6.45, 7) is 11.5. The van der Waals surface area contributed by atoms with Crippen LogP contribution in [0.1, 0.15) is 38.8 Å². The van der Waals surface area contributed by atoms with Crippen LogP contribution in [0.15, 0.2) is 24.3 Å². The molecule has 1 heterocycles. The Morgan fingerprint density at radius 1 is 1.25 bits per heavy atom. The number of hydrogen-bond acceptors (Lipinski definition) is 4. The molecule has 1 aliphatic rings. The molecule has 1 aliphatic heterocycles. The molecule has 1 aromatic carbocycles. The second-order valence-electron chi connectivity index (χ2n) is 6.86. The smallest absolute Gasteiger partial charge is 0.246 e. The minimum absolute atomic E-state index is 0.0633. The van der Waals surface area contributed by atoms with Gasteiger partial charge in [0.05, 0.1) is 18.3 Å². The van der Waals surface area contributed by atoms with Crippen molar-refractivity contribution in [1.82, 2.24) is 10.2 Å². The Hall–Kier alpha value is -1.43. The third-order valence-corrected chi connectivity index (χ3v) is 4.03. The lowest BCUT2D eigenvalue weighted by molar-refractivity contribution is -0.127. The zero-order chi connectivity index (χ0) is 17.5. The molecule has 0 saturated carbocycles. The standard InChI is InChI=1S/C19H30N2O3/c1-14(2)23-13-19(22)20-9-17-7-5-6-8-18(17)12-21-10-15(3)24-16(4)11-21/h5-8,14-16H,9-13H2,1-4H3,(H,20,22)/t15-,16-/m0/s1. The monoisotopic (exact) mass is 334 g/mol. The summed E-state index contributed by atoms with van der Waals surface area (Å²) in [5.74, 6) is -0.0767. The molecular formula is C19H30N2O3. The quantitative estimate of drug-likeness (QED) is 0.831. The van der Waals surface area contributed by atoms with Gasteiger partial charge in [-0.3, -0.25) is 9.69 Å². The van der Waals surface area contributed by atoms with E-state index in [4.69, 9.17) is 9.47 Å². The van der Waals surface area contributed by atoms with Gasteiger partial charge in [0.2, 0.25) is 5.91 Å². The average molecular weight is 334 g/mol. The van der Waals surface area contributed by atoms with Crippen molar-refractivity contribution in [3.63, 3.8) is 0 Å². The van der Waals surface area contributed by atoms with Gasteiger partial charge in [0.1, 0.15) is 6.61 Å². The van der Waals surface area contributed by atoms with Gasteiger partial charge < -0.3 is 14.8 Å². The zero-order valence-electron chi connectivity index (χ0n) is 15.2. The van der Waals surface area contributed by atoms with Crippen molar-refractivity contribution in [2.75, 3.05) is 19.7 Å². The summed E-state index contributed by atoms with van der Waals surface area (Å²) < 4.78 is 11.1. The van der Waals surface area contributed by atoms with Crippen LogP contribution in [0.2, 0.25) is 0 Å². The number of carbonyl (C=O) groups is 1. The predicted molar refractivity (Wildman–Crippen MR) is 94.7 cm³/mol. The van der Waals surface area contributed by atoms with Gasteiger partial charge in [-0.05, 0) is 38.8 Å². The Balaban J connectivity index is 1.91. The van der Waals surface area contributed by atoms with Gasteiger partial charge in [0.25, 0.3) is 0 Å². The molecule has 0 aromatic heterocycles. The Morgan fingerprint density at radius 2 is 1.88 bits per heavy atom. The number of carbonyl (C=O) groups excluding carboxylic acids is 1. The summed E-state index contributed by atoms with van der Waals surface area (Å²) in [5.41, 5.74) is 2.41. The van der Waals surface area contributed by atoms with Crippen LogP contribution >= 0.6 is 0 Å². The molecule has 1 aromatic rings. The minimum atomic E-state index is -0.0767. The van der Waals surface area contributed by atoms with E-state index >= 15 is 0 Å². The van der Waals surface area contributed by atoms with Crippen molar-refractivity contribution in [2.45, 2.75) is 59.1 Å². The molecule has 5 heteroatoms. The first-order valence-corrected chi connectivity index (χ1v) is 8.77. The Morgan fingerprint density at radius 3 is 2.50 bits per heavy atom. The van der Waals surface area contributed by atoms with Gasteiger partial charge >= 0.3 is 0 Å². The molecule has 24 heavy (non-hydrogen) atoms. The fourth-order valence-electron chi connectivity index (χ4n) is 3.03. The Labute approximate surface area is 145 Å². The molecule has 134 valence electrons. The van der Waals surface area contributed by atoms with Crippen molar-refractivity contribution in [3.05, 3.63) is 35.4 Å². The molecule has 0 aliphatic carbocycles. The summed E-state index contributed by atoms with van der Waals surface area (Å²) in [4.78, 5) is 14.3. The van der Waals surface area contributed by atoms with E-state index in [0.29, 0.717) is 6.54 Å². The van der Waals surface area contributed by atoms with Crippen LogP contribution in [0.3, 0.4) is 0 Å². The number of ether oxygens (including phenoxy) is 2. The maximum absolute atomic E-state index is 11.8. The summed E-state index contributed by atoms with van der Waals surface area (Å²) in [7, 11) is 0. The van der Waals surface area contributed by atoms with Crippen LogP contribution < -0.4 is 5.32 Å². The summed E-state index contributed by atoms with van der Waals surface area (Å²) in [6.07, 6.45) is 0.580. The third kappa shape index (κ3) is 6.23. The fourth-order valence-corrected chi connectivity index (χ4v) is 3.03. The van der Waals surface area contributed by atoms with Crippen molar-refractivity contribution >= 4 is 5.91 Å². The lowest BCUT2D eigenvalue weighted by Gasteiger charge is -2.35. The minimum Gasteiger partial charge on any atom is -0.373 e. The second kappa shape index (κ2) is 9.16. The van der Waals surface area contributed by atoms with E-state index in [1.165, 1.54) is 5.56 Å². The molecule has 1 N–H and O–H groups in total. The maximum Gasteiger partial charge on any atom is 0.246 e. The van der Waals surface area contributed by atoms with E-state index in [-0.39, 0.29) is 30.8 Å². The maximum atomic E-state index is 11.8. The molecule has 2 rings (SSSR count). The molecular weight excluding hydrogens is 304 g/mol. The van der Waals surface area contributed by atoms with Crippen molar-refractivity contribution in [1.29, 1.82) is 0 Å². The van der Waals surface area contributed by atoms with Gasteiger partial charge in [-0.2, -0.15) is 0 Å². The highest BCUT2D eigenvalue weighted by Crippen LogP contribution is 2.17. The molecule has 0 radical (unpaired) electrons. The number of nitrogens with zero attached hydrogens (tertiary/aromatic N) is 1. The zero-order valence-corrected chi connectivity index (χ0v) is 15.2. The predicted octanol–water partition coefficient (Wildman–Crippen LogP) is 2.34. The van der Waals surface area contributed by atoms with Crippen molar-refractivity contribution in [2.24, 2.45) is 0 Å². The summed E-state index contributed by atoms with van der Waals surface area (Å²) >= 11 is 0. The van der Waals surface area contributed by atoms with E-state index in [1.54, 1.807) is 0 Å². The third-order valence-electron chi connectivity index (χ3n) is 4.03. The molecule has 1 fully saturated rings. The van der Waals surface area contributed by atoms with Crippen LogP contribution in [0.5, 0.6) is 0 Å². The van der Waals surface area contributed by atoms with Crippen LogP contribution in [-0.4, -0.2) is 48.8 Å². The molecule has 0 spiro atoms. The number of rotatable bonds is 7. The molecule has 1 saturated heterocycles. The van der Waals surface area contributed by atoms with Crippen LogP contribution in [0, 0.1) is 0 Å². The Bertz CT molecular complexity index is 523. The number of nitrogens with one attached hydrogen (secondary N) is 1. The van der Waals surface area contributed by atoms with Crippen LogP contribution in [0.25, 0.3) is 0 Å². The van der Waals surface area contributed by atoms with Crippen LogP contribution in [0.4, 0.5) is 0 Å². The highest BCUT2D eigenvalue weighted by Gasteiger charge is 2.22. The normalized spacial score (nSPS) is 21.9. The number of benzene rings is 1. The molecule has 0 bridgehead atoms. The van der Waals surface area contributed by atoms with E-state index < -0.39 is 0 Å². The fraction of sp³-hybridized carbons (Fsp3) is 0.632. The van der Waals surface area contributed by atoms with Gasteiger partial charge in [-0.25, -0.2) is 0 Å². The van der Waals surface area contributed by atoms with E-state index in [0.717, 1.165) is 25.2 Å². The number of morpholine rings is 1. The highest BCUT2D eigenvalue weighted by atomic mass is 16.5. The molecule has 5 nitrogen and oxygen atoms in total. The lowest BCUT2D eigenvalue weighted by atomic mass is 10.1. The van der Waals surface area contributed by atoms with E-state index in [1.807, 2.05) is 19.9 Å². The topological polar surface area (TPSA) is 50.8 Å². The second-order valence-corrected chi connectivity index (χ2v) is 6.86. The molecule has 1 amide bonds. The van der Waals surface area contributed by atoms with Gasteiger partial charge in [-0.15, -0.1) is 0 Å². The van der Waals surface area contributed by atoms with Gasteiger partial charge in [0.15, 0.2) is 0 Å². The number of amides is 1. The summed E-state index contributed by atoms with van der Waals surface area (Å²) in [6, 6.07) is 8.28. The number of hydrogen-bond donors (Lipinski definition) is 1.